The van der Waals surface area contributed by atoms with Crippen LogP contribution in [0.3, 0.4) is 0 Å². The first kappa shape index (κ1) is 21.8. The second-order valence-corrected chi connectivity index (χ2v) is 8.68. The molecular weight excluding hydrogens is 410 g/mol. The van der Waals surface area contributed by atoms with Crippen molar-refractivity contribution in [3.05, 3.63) is 52.8 Å². The van der Waals surface area contributed by atoms with Gasteiger partial charge in [0.05, 0.1) is 12.1 Å². The molecule has 0 N–H and O–H groups in total. The fraction of sp³-hybridized carbons (Fsp3) is 0.400. The van der Waals surface area contributed by atoms with Crippen LogP contribution in [0.15, 0.2) is 50.6 Å². The number of ether oxygens (including phenoxy) is 1. The Kier molecular flexibility index (Phi) is 6.47. The number of fused-ring (bicyclic) bond motifs is 1. The number of esters is 1. The number of benzene rings is 1. The molecule has 10 heteroatoms. The van der Waals surface area contributed by atoms with Gasteiger partial charge in [-0.3, -0.25) is 4.57 Å². The molecule has 2 heterocycles. The van der Waals surface area contributed by atoms with Crippen LogP contribution in [-0.4, -0.2) is 47.5 Å². The van der Waals surface area contributed by atoms with E-state index in [4.69, 9.17) is 9.15 Å². The van der Waals surface area contributed by atoms with Crippen LogP contribution in [0.5, 0.6) is 0 Å². The van der Waals surface area contributed by atoms with E-state index in [-0.39, 0.29) is 17.2 Å². The minimum absolute atomic E-state index is 0.0528. The molecule has 2 aromatic heterocycles. The van der Waals surface area contributed by atoms with Crippen molar-refractivity contribution in [1.29, 1.82) is 0 Å². The first-order valence-electron chi connectivity index (χ1n) is 9.71. The van der Waals surface area contributed by atoms with Crippen molar-refractivity contribution in [1.82, 2.24) is 13.4 Å². The molecule has 0 aliphatic heterocycles. The number of hydrogen-bond acceptors (Lipinski definition) is 6. The van der Waals surface area contributed by atoms with E-state index in [1.165, 1.54) is 25.7 Å². The van der Waals surface area contributed by atoms with E-state index in [0.29, 0.717) is 37.2 Å². The molecule has 0 radical (unpaired) electrons. The van der Waals surface area contributed by atoms with Crippen molar-refractivity contribution in [2.45, 2.75) is 31.7 Å². The monoisotopic (exact) mass is 435 g/mol. The van der Waals surface area contributed by atoms with E-state index in [0.717, 1.165) is 0 Å². The van der Waals surface area contributed by atoms with Crippen LogP contribution in [0, 0.1) is 0 Å². The normalized spacial score (nSPS) is 12.0. The fourth-order valence-corrected chi connectivity index (χ4v) is 4.81. The predicted molar refractivity (Wildman–Crippen MR) is 111 cm³/mol. The highest BCUT2D eigenvalue weighted by molar-refractivity contribution is 7.89. The molecule has 1 aromatic carbocycles. The smallest absolute Gasteiger partial charge is 0.419 e. The number of sulfonamides is 1. The predicted octanol–water partition coefficient (Wildman–Crippen LogP) is 2.21. The Bertz CT molecular complexity index is 1200. The number of hydrogen-bond donors (Lipinski definition) is 0. The lowest BCUT2D eigenvalue weighted by Gasteiger charge is -2.17. The van der Waals surface area contributed by atoms with Gasteiger partial charge in [0.1, 0.15) is 10.6 Å². The maximum absolute atomic E-state index is 12.6. The summed E-state index contributed by atoms with van der Waals surface area (Å²) in [5.41, 5.74) is 1.33. The molecular formula is C20H25N3O6S. The van der Waals surface area contributed by atoms with Gasteiger partial charge in [-0.25, -0.2) is 18.0 Å². The summed E-state index contributed by atoms with van der Waals surface area (Å²) in [4.78, 5) is 24.4. The third-order valence-electron chi connectivity index (χ3n) is 4.87. The van der Waals surface area contributed by atoms with Crippen LogP contribution in [-0.2, 0) is 28.4 Å². The lowest BCUT2D eigenvalue weighted by molar-refractivity contribution is 0.0484. The third kappa shape index (κ3) is 4.19. The van der Waals surface area contributed by atoms with Gasteiger partial charge < -0.3 is 13.7 Å². The molecule has 0 spiro atoms. The van der Waals surface area contributed by atoms with Crippen LogP contribution in [0.2, 0.25) is 0 Å². The average molecular weight is 436 g/mol. The molecule has 0 aliphatic rings. The van der Waals surface area contributed by atoms with Crippen LogP contribution in [0.25, 0.3) is 11.1 Å². The number of oxazole rings is 1. The number of aromatic nitrogens is 2. The average Bonchev–Trinajstić information content (AvgIpc) is 3.26. The first-order valence-corrected chi connectivity index (χ1v) is 11.2. The lowest BCUT2D eigenvalue weighted by atomic mass is 10.3. The number of para-hydroxylation sites is 2. The fourth-order valence-electron chi connectivity index (χ4n) is 3.28. The van der Waals surface area contributed by atoms with Gasteiger partial charge in [-0.05, 0) is 24.6 Å². The molecule has 3 rings (SSSR count). The molecule has 0 unspecified atom stereocenters. The molecule has 0 aliphatic carbocycles. The van der Waals surface area contributed by atoms with Gasteiger partial charge in [-0.2, -0.15) is 4.31 Å². The first-order chi connectivity index (χ1) is 14.3. The van der Waals surface area contributed by atoms with Gasteiger partial charge in [0.15, 0.2) is 5.58 Å². The van der Waals surface area contributed by atoms with Crippen LogP contribution in [0.4, 0.5) is 0 Å². The highest BCUT2D eigenvalue weighted by Crippen LogP contribution is 2.19. The van der Waals surface area contributed by atoms with Crippen molar-refractivity contribution >= 4 is 27.1 Å². The molecule has 0 amide bonds. The maximum Gasteiger partial charge on any atom is 0.419 e. The van der Waals surface area contributed by atoms with Gasteiger partial charge in [0, 0.05) is 32.9 Å². The molecule has 3 aromatic rings. The summed E-state index contributed by atoms with van der Waals surface area (Å²) in [7, 11) is -2.07. The molecule has 0 atom stereocenters. The Morgan fingerprint density at radius 1 is 1.20 bits per heavy atom. The summed E-state index contributed by atoms with van der Waals surface area (Å²) in [5, 5.41) is 0. The molecule has 0 saturated carbocycles. The summed E-state index contributed by atoms with van der Waals surface area (Å²) in [5.74, 6) is -1.08. The number of carbonyl (C=O) groups is 1. The van der Waals surface area contributed by atoms with Gasteiger partial charge in [-0.15, -0.1) is 0 Å². The van der Waals surface area contributed by atoms with Crippen molar-refractivity contribution in [2.75, 3.05) is 19.7 Å². The number of rotatable bonds is 9. The Hall–Kier alpha value is -2.85. The molecule has 162 valence electrons. The second-order valence-electron chi connectivity index (χ2n) is 6.74. The summed E-state index contributed by atoms with van der Waals surface area (Å²) < 4.78 is 40.0. The number of carbonyl (C=O) groups excluding carboxylic acids is 1. The van der Waals surface area contributed by atoms with Gasteiger partial charge in [0.25, 0.3) is 0 Å². The molecule has 0 bridgehead atoms. The van der Waals surface area contributed by atoms with E-state index in [1.807, 2.05) is 6.07 Å². The van der Waals surface area contributed by atoms with Crippen molar-refractivity contribution in [3.8, 4) is 0 Å². The van der Waals surface area contributed by atoms with Gasteiger partial charge in [0.2, 0.25) is 10.0 Å². The summed E-state index contributed by atoms with van der Waals surface area (Å²) >= 11 is 0. The van der Waals surface area contributed by atoms with Crippen molar-refractivity contribution in [2.24, 2.45) is 7.05 Å². The SMILES string of the molecule is CCN(CC)S(=O)(=O)c1cc(C(=O)OCCCn2c(=O)oc3ccccc32)n(C)c1. The topological polar surface area (TPSA) is 104 Å². The molecule has 9 nitrogen and oxygen atoms in total. The summed E-state index contributed by atoms with van der Waals surface area (Å²) in [6.07, 6.45) is 1.81. The van der Waals surface area contributed by atoms with E-state index in [9.17, 15) is 18.0 Å². The lowest BCUT2D eigenvalue weighted by Crippen LogP contribution is -2.30. The molecule has 30 heavy (non-hydrogen) atoms. The largest absolute Gasteiger partial charge is 0.461 e. The Morgan fingerprint density at radius 3 is 2.60 bits per heavy atom. The van der Waals surface area contributed by atoms with E-state index in [1.54, 1.807) is 39.1 Å². The minimum atomic E-state index is -3.66. The van der Waals surface area contributed by atoms with E-state index in [2.05, 4.69) is 0 Å². The Morgan fingerprint density at radius 2 is 1.90 bits per heavy atom. The zero-order valence-electron chi connectivity index (χ0n) is 17.2. The third-order valence-corrected chi connectivity index (χ3v) is 6.88. The Balaban J connectivity index is 1.64. The minimum Gasteiger partial charge on any atom is -0.461 e. The highest BCUT2D eigenvalue weighted by Gasteiger charge is 2.25. The molecule has 0 fully saturated rings. The van der Waals surface area contributed by atoms with Gasteiger partial charge >= 0.3 is 11.7 Å². The van der Waals surface area contributed by atoms with E-state index >= 15 is 0 Å². The van der Waals surface area contributed by atoms with Crippen molar-refractivity contribution < 1.29 is 22.4 Å². The zero-order chi connectivity index (χ0) is 21.9. The number of aryl methyl sites for hydroxylation is 2. The standard InChI is InChI=1S/C20H25N3O6S/c1-4-22(5-2)30(26,27)15-13-17(21(3)14-15)19(24)28-12-8-11-23-16-9-6-7-10-18(16)29-20(23)25/h6-7,9-10,13-14H,4-5,8,11-12H2,1-3H3. The van der Waals surface area contributed by atoms with Gasteiger partial charge in [-0.1, -0.05) is 26.0 Å². The van der Waals surface area contributed by atoms with E-state index < -0.39 is 21.7 Å². The quantitative estimate of drug-likeness (QED) is 0.377. The summed E-state index contributed by atoms with van der Waals surface area (Å²) in [6.45, 7) is 4.61. The second kappa shape index (κ2) is 8.88. The summed E-state index contributed by atoms with van der Waals surface area (Å²) in [6, 6.07) is 8.42. The maximum atomic E-state index is 12.6. The van der Waals surface area contributed by atoms with Crippen LogP contribution < -0.4 is 5.76 Å². The van der Waals surface area contributed by atoms with Crippen molar-refractivity contribution in [3.63, 3.8) is 0 Å². The molecule has 0 saturated heterocycles. The number of nitrogens with zero attached hydrogens (tertiary/aromatic N) is 3. The van der Waals surface area contributed by atoms with Crippen LogP contribution in [0.1, 0.15) is 30.8 Å². The Labute approximate surface area is 174 Å². The zero-order valence-corrected chi connectivity index (χ0v) is 18.0. The van der Waals surface area contributed by atoms with Crippen LogP contribution >= 0.6 is 0 Å². The highest BCUT2D eigenvalue weighted by atomic mass is 32.2.